The molecule has 2 aliphatic rings. The van der Waals surface area contributed by atoms with Crippen molar-refractivity contribution >= 4 is 12.0 Å². The van der Waals surface area contributed by atoms with Crippen LogP contribution in [0.15, 0.2) is 0 Å². The summed E-state index contributed by atoms with van der Waals surface area (Å²) >= 11 is 0. The highest BCUT2D eigenvalue weighted by molar-refractivity contribution is 5.74. The Bertz CT molecular complexity index is 321. The van der Waals surface area contributed by atoms with Gasteiger partial charge in [-0.05, 0) is 25.2 Å². The van der Waals surface area contributed by atoms with Crippen LogP contribution < -0.4 is 0 Å². The van der Waals surface area contributed by atoms with E-state index in [2.05, 4.69) is 0 Å². The Hall–Kier alpha value is -1.30. The molecular weight excluding hydrogens is 248 g/mol. The van der Waals surface area contributed by atoms with Crippen LogP contribution in [0.1, 0.15) is 25.7 Å². The van der Waals surface area contributed by atoms with Crippen molar-refractivity contribution in [3.8, 4) is 0 Å². The molecule has 2 amide bonds. The SMILES string of the molecule is O=C(O)CCC1CCN(C(=O)N2CCOCC2)CC1. The average Bonchev–Trinajstić information content (AvgIpc) is 2.46. The Morgan fingerprint density at radius 1 is 1.05 bits per heavy atom. The first-order valence-corrected chi connectivity index (χ1v) is 7.00. The quantitative estimate of drug-likeness (QED) is 0.831. The van der Waals surface area contributed by atoms with Gasteiger partial charge in [-0.3, -0.25) is 4.79 Å². The van der Waals surface area contributed by atoms with E-state index in [1.54, 1.807) is 0 Å². The first-order valence-electron chi connectivity index (χ1n) is 7.00. The van der Waals surface area contributed by atoms with Gasteiger partial charge in [-0.25, -0.2) is 4.79 Å². The minimum absolute atomic E-state index is 0.111. The molecule has 2 heterocycles. The van der Waals surface area contributed by atoms with Crippen LogP contribution >= 0.6 is 0 Å². The first-order chi connectivity index (χ1) is 9.16. The van der Waals surface area contributed by atoms with E-state index in [1.165, 1.54) is 0 Å². The van der Waals surface area contributed by atoms with Gasteiger partial charge in [0.2, 0.25) is 0 Å². The molecule has 0 atom stereocenters. The second-order valence-electron chi connectivity index (χ2n) is 5.24. The number of carbonyl (C=O) groups excluding carboxylic acids is 1. The summed E-state index contributed by atoms with van der Waals surface area (Å²) in [5.41, 5.74) is 0. The largest absolute Gasteiger partial charge is 0.481 e. The Morgan fingerprint density at radius 3 is 2.21 bits per heavy atom. The molecule has 2 aliphatic heterocycles. The van der Waals surface area contributed by atoms with Crippen LogP contribution in [0.25, 0.3) is 0 Å². The summed E-state index contributed by atoms with van der Waals surface area (Å²) < 4.78 is 5.24. The molecule has 1 N–H and O–H groups in total. The lowest BCUT2D eigenvalue weighted by molar-refractivity contribution is -0.137. The number of carboxylic acid groups (broad SMARTS) is 1. The number of carboxylic acids is 1. The second kappa shape index (κ2) is 6.75. The van der Waals surface area contributed by atoms with Gasteiger partial charge in [-0.2, -0.15) is 0 Å². The molecule has 108 valence electrons. The Labute approximate surface area is 113 Å². The van der Waals surface area contributed by atoms with Crippen LogP contribution in [0.4, 0.5) is 4.79 Å². The third kappa shape index (κ3) is 4.09. The van der Waals surface area contributed by atoms with Crippen molar-refractivity contribution in [3.05, 3.63) is 0 Å². The van der Waals surface area contributed by atoms with Gasteiger partial charge in [0.1, 0.15) is 0 Å². The molecule has 0 saturated carbocycles. The highest BCUT2D eigenvalue weighted by Crippen LogP contribution is 2.22. The fourth-order valence-corrected chi connectivity index (χ4v) is 2.70. The smallest absolute Gasteiger partial charge is 0.320 e. The van der Waals surface area contributed by atoms with Gasteiger partial charge < -0.3 is 19.6 Å². The fourth-order valence-electron chi connectivity index (χ4n) is 2.70. The molecule has 2 rings (SSSR count). The topological polar surface area (TPSA) is 70.1 Å². The zero-order valence-corrected chi connectivity index (χ0v) is 11.2. The van der Waals surface area contributed by atoms with E-state index in [0.717, 1.165) is 32.4 Å². The molecule has 0 unspecified atom stereocenters. The number of morpholine rings is 1. The number of piperidine rings is 1. The first kappa shape index (κ1) is 14.1. The summed E-state index contributed by atoms with van der Waals surface area (Å²) in [4.78, 5) is 26.5. The predicted octanol–water partition coefficient (Wildman–Crippen LogP) is 1.02. The normalized spacial score (nSPS) is 21.5. The number of amides is 2. The molecule has 0 radical (unpaired) electrons. The van der Waals surface area contributed by atoms with Gasteiger partial charge in [-0.15, -0.1) is 0 Å². The maximum absolute atomic E-state index is 12.2. The number of hydrogen-bond acceptors (Lipinski definition) is 3. The molecule has 0 aromatic rings. The summed E-state index contributed by atoms with van der Waals surface area (Å²) in [6.45, 7) is 4.11. The van der Waals surface area contributed by atoms with Crippen molar-refractivity contribution in [2.24, 2.45) is 5.92 Å². The summed E-state index contributed by atoms with van der Waals surface area (Å²) in [5.74, 6) is -0.281. The average molecular weight is 270 g/mol. The zero-order chi connectivity index (χ0) is 13.7. The molecule has 0 spiro atoms. The Kier molecular flexibility index (Phi) is 5.01. The summed E-state index contributed by atoms with van der Waals surface area (Å²) in [6, 6.07) is 0.111. The number of carbonyl (C=O) groups is 2. The summed E-state index contributed by atoms with van der Waals surface area (Å²) in [5, 5.41) is 8.67. The minimum atomic E-state index is -0.730. The van der Waals surface area contributed by atoms with E-state index in [9.17, 15) is 9.59 Å². The van der Waals surface area contributed by atoms with Crippen LogP contribution in [0.3, 0.4) is 0 Å². The third-order valence-corrected chi connectivity index (χ3v) is 3.93. The van der Waals surface area contributed by atoms with Crippen LogP contribution in [0.2, 0.25) is 0 Å². The number of aliphatic carboxylic acids is 1. The van der Waals surface area contributed by atoms with E-state index in [4.69, 9.17) is 9.84 Å². The third-order valence-electron chi connectivity index (χ3n) is 3.93. The van der Waals surface area contributed by atoms with Gasteiger partial charge >= 0.3 is 12.0 Å². The van der Waals surface area contributed by atoms with Crippen LogP contribution in [-0.2, 0) is 9.53 Å². The fraction of sp³-hybridized carbons (Fsp3) is 0.846. The van der Waals surface area contributed by atoms with Crippen molar-refractivity contribution in [2.45, 2.75) is 25.7 Å². The standard InChI is InChI=1S/C13H22N2O4/c16-12(17)2-1-11-3-5-14(6-4-11)13(18)15-7-9-19-10-8-15/h11H,1-10H2,(H,16,17). The van der Waals surface area contributed by atoms with Gasteiger partial charge in [0.15, 0.2) is 0 Å². The summed E-state index contributed by atoms with van der Waals surface area (Å²) in [6.07, 6.45) is 2.81. The second-order valence-corrected chi connectivity index (χ2v) is 5.24. The van der Waals surface area contributed by atoms with E-state index >= 15 is 0 Å². The highest BCUT2D eigenvalue weighted by Gasteiger charge is 2.27. The molecule has 2 fully saturated rings. The van der Waals surface area contributed by atoms with Crippen molar-refractivity contribution in [3.63, 3.8) is 0 Å². The molecule has 19 heavy (non-hydrogen) atoms. The Morgan fingerprint density at radius 2 is 1.63 bits per heavy atom. The minimum Gasteiger partial charge on any atom is -0.481 e. The van der Waals surface area contributed by atoms with E-state index in [0.29, 0.717) is 32.2 Å². The number of ether oxygens (including phenoxy) is 1. The molecule has 6 nitrogen and oxygen atoms in total. The van der Waals surface area contributed by atoms with Gasteiger partial charge in [0, 0.05) is 32.6 Å². The number of rotatable bonds is 3. The molecular formula is C13H22N2O4. The number of hydrogen-bond donors (Lipinski definition) is 1. The highest BCUT2D eigenvalue weighted by atomic mass is 16.5. The predicted molar refractivity (Wildman–Crippen MR) is 69.0 cm³/mol. The lowest BCUT2D eigenvalue weighted by Gasteiger charge is -2.37. The van der Waals surface area contributed by atoms with Crippen LogP contribution in [0.5, 0.6) is 0 Å². The van der Waals surface area contributed by atoms with Crippen LogP contribution in [0, 0.1) is 5.92 Å². The van der Waals surface area contributed by atoms with Crippen molar-refractivity contribution < 1.29 is 19.4 Å². The molecule has 0 aromatic heterocycles. The molecule has 0 bridgehead atoms. The monoisotopic (exact) mass is 270 g/mol. The van der Waals surface area contributed by atoms with E-state index < -0.39 is 5.97 Å². The molecule has 6 heteroatoms. The van der Waals surface area contributed by atoms with Gasteiger partial charge in [0.25, 0.3) is 0 Å². The zero-order valence-electron chi connectivity index (χ0n) is 11.2. The van der Waals surface area contributed by atoms with Crippen LogP contribution in [-0.4, -0.2) is 66.3 Å². The van der Waals surface area contributed by atoms with E-state index in [-0.39, 0.29) is 12.5 Å². The van der Waals surface area contributed by atoms with Crippen molar-refractivity contribution in [1.29, 1.82) is 0 Å². The Balaban J connectivity index is 1.72. The molecule has 2 saturated heterocycles. The van der Waals surface area contributed by atoms with Crippen molar-refractivity contribution in [1.82, 2.24) is 9.80 Å². The lowest BCUT2D eigenvalue weighted by atomic mass is 9.92. The maximum atomic E-state index is 12.2. The van der Waals surface area contributed by atoms with Gasteiger partial charge in [-0.1, -0.05) is 0 Å². The lowest BCUT2D eigenvalue weighted by Crippen LogP contribution is -2.50. The maximum Gasteiger partial charge on any atom is 0.320 e. The summed E-state index contributed by atoms with van der Waals surface area (Å²) in [7, 11) is 0. The van der Waals surface area contributed by atoms with E-state index in [1.807, 2.05) is 9.80 Å². The number of likely N-dealkylation sites (tertiary alicyclic amines) is 1. The number of nitrogens with zero attached hydrogens (tertiary/aromatic N) is 2. The molecule has 0 aromatic carbocycles. The van der Waals surface area contributed by atoms with Gasteiger partial charge in [0.05, 0.1) is 13.2 Å². The van der Waals surface area contributed by atoms with Crippen molar-refractivity contribution in [2.75, 3.05) is 39.4 Å². The number of urea groups is 1. The molecule has 0 aliphatic carbocycles.